The molecule has 1 amide bonds. The fourth-order valence-electron chi connectivity index (χ4n) is 4.17. The molecule has 2 aromatic rings. The maximum Gasteiger partial charge on any atom is 0.223 e. The highest BCUT2D eigenvalue weighted by atomic mass is 16.5. The molecule has 28 heavy (non-hydrogen) atoms. The van der Waals surface area contributed by atoms with E-state index in [1.165, 1.54) is 24.8 Å². The van der Waals surface area contributed by atoms with Crippen LogP contribution in [0.3, 0.4) is 0 Å². The van der Waals surface area contributed by atoms with Crippen LogP contribution in [0, 0.1) is 5.92 Å². The molecular weight excluding hydrogens is 350 g/mol. The van der Waals surface area contributed by atoms with Gasteiger partial charge in [-0.25, -0.2) is 4.98 Å². The van der Waals surface area contributed by atoms with Crippen LogP contribution in [0.25, 0.3) is 11.0 Å². The largest absolute Gasteiger partial charge is 0.380 e. The van der Waals surface area contributed by atoms with Crippen molar-refractivity contribution in [2.45, 2.75) is 71.3 Å². The molecule has 1 aromatic carbocycles. The van der Waals surface area contributed by atoms with Crippen LogP contribution >= 0.6 is 0 Å². The van der Waals surface area contributed by atoms with Gasteiger partial charge in [-0.3, -0.25) is 4.79 Å². The molecule has 0 atom stereocenters. The van der Waals surface area contributed by atoms with Crippen LogP contribution in [0.15, 0.2) is 24.3 Å². The molecule has 1 saturated carbocycles. The number of benzene rings is 1. The average Bonchev–Trinajstić information content (AvgIpc) is 3.09. The Hall–Kier alpha value is -1.88. The van der Waals surface area contributed by atoms with Crippen LogP contribution in [0.1, 0.15) is 64.1 Å². The number of imidazole rings is 1. The van der Waals surface area contributed by atoms with Gasteiger partial charge in [-0.05, 0) is 44.7 Å². The van der Waals surface area contributed by atoms with Gasteiger partial charge in [0, 0.05) is 32.0 Å². The maximum absolute atomic E-state index is 12.2. The number of hydrogen-bond acceptors (Lipinski definition) is 3. The first-order valence-electron chi connectivity index (χ1n) is 11.1. The van der Waals surface area contributed by atoms with Crippen molar-refractivity contribution >= 4 is 16.9 Å². The lowest BCUT2D eigenvalue weighted by molar-refractivity contribution is -0.125. The molecule has 3 rings (SSSR count). The van der Waals surface area contributed by atoms with Crippen molar-refractivity contribution in [2.24, 2.45) is 5.92 Å². The number of carbonyl (C=O) groups excluding carboxylic acids is 1. The molecule has 1 fully saturated rings. The lowest BCUT2D eigenvalue weighted by atomic mass is 9.89. The van der Waals surface area contributed by atoms with Crippen LogP contribution in [-0.2, 0) is 22.5 Å². The average molecular weight is 386 g/mol. The van der Waals surface area contributed by atoms with Crippen molar-refractivity contribution in [3.63, 3.8) is 0 Å². The number of rotatable bonds is 11. The van der Waals surface area contributed by atoms with E-state index in [0.717, 1.165) is 76.2 Å². The number of nitrogens with one attached hydrogen (secondary N) is 1. The zero-order chi connectivity index (χ0) is 19.6. The highest BCUT2D eigenvalue weighted by Crippen LogP contribution is 2.23. The highest BCUT2D eigenvalue weighted by molar-refractivity contribution is 5.78. The summed E-state index contributed by atoms with van der Waals surface area (Å²) in [6, 6.07) is 8.33. The summed E-state index contributed by atoms with van der Waals surface area (Å²) in [6.07, 6.45) is 10.1. The summed E-state index contributed by atoms with van der Waals surface area (Å²) < 4.78 is 7.85. The Morgan fingerprint density at radius 2 is 2.00 bits per heavy atom. The monoisotopic (exact) mass is 385 g/mol. The van der Waals surface area contributed by atoms with E-state index < -0.39 is 0 Å². The topological polar surface area (TPSA) is 56.1 Å². The van der Waals surface area contributed by atoms with E-state index in [-0.39, 0.29) is 11.8 Å². The number of unbranched alkanes of at least 4 members (excludes halogenated alkanes) is 2. The first-order valence-corrected chi connectivity index (χ1v) is 11.1. The standard InChI is InChI=1S/C23H35N3O2/c1-2-28-18-17-26-21-14-9-8-13-20(21)25-22(26)15-7-4-10-16-24-23(27)19-11-5-3-6-12-19/h8-9,13-14,19H,2-7,10-12,15-18H2,1H3,(H,24,27). The van der Waals surface area contributed by atoms with Crippen LogP contribution < -0.4 is 5.32 Å². The number of hydrogen-bond donors (Lipinski definition) is 1. The van der Waals surface area contributed by atoms with Gasteiger partial charge in [0.25, 0.3) is 0 Å². The Bertz CT molecular complexity index is 735. The predicted octanol–water partition coefficient (Wildman–Crippen LogP) is 4.48. The molecule has 5 heteroatoms. The minimum absolute atomic E-state index is 0.263. The Labute approximate surface area is 168 Å². The van der Waals surface area contributed by atoms with Crippen molar-refractivity contribution in [1.29, 1.82) is 0 Å². The molecule has 1 aliphatic carbocycles. The van der Waals surface area contributed by atoms with Crippen LogP contribution in [-0.4, -0.2) is 35.2 Å². The molecule has 1 heterocycles. The molecule has 0 spiro atoms. The van der Waals surface area contributed by atoms with E-state index in [1.54, 1.807) is 0 Å². The van der Waals surface area contributed by atoms with Crippen molar-refractivity contribution < 1.29 is 9.53 Å². The first-order chi connectivity index (χ1) is 13.8. The third-order valence-corrected chi connectivity index (χ3v) is 5.75. The number of nitrogens with zero attached hydrogens (tertiary/aromatic N) is 2. The molecule has 1 aromatic heterocycles. The van der Waals surface area contributed by atoms with E-state index in [0.29, 0.717) is 0 Å². The Balaban J connectivity index is 1.42. The van der Waals surface area contributed by atoms with E-state index in [4.69, 9.17) is 9.72 Å². The second kappa shape index (κ2) is 11.2. The Morgan fingerprint density at radius 1 is 1.18 bits per heavy atom. The van der Waals surface area contributed by atoms with E-state index >= 15 is 0 Å². The fraction of sp³-hybridized carbons (Fsp3) is 0.652. The summed E-state index contributed by atoms with van der Waals surface area (Å²) >= 11 is 0. The van der Waals surface area contributed by atoms with Crippen molar-refractivity contribution in [2.75, 3.05) is 19.8 Å². The van der Waals surface area contributed by atoms with E-state index in [2.05, 4.69) is 28.1 Å². The lowest BCUT2D eigenvalue weighted by Gasteiger charge is -2.20. The molecule has 0 aliphatic heterocycles. The molecule has 154 valence electrons. The van der Waals surface area contributed by atoms with Crippen molar-refractivity contribution in [3.8, 4) is 0 Å². The van der Waals surface area contributed by atoms with Gasteiger partial charge in [0.05, 0.1) is 17.6 Å². The number of fused-ring (bicyclic) bond motifs is 1. The van der Waals surface area contributed by atoms with Gasteiger partial charge in [0.15, 0.2) is 0 Å². The Kier molecular flexibility index (Phi) is 8.34. The second-order valence-corrected chi connectivity index (χ2v) is 7.80. The molecular formula is C23H35N3O2. The smallest absolute Gasteiger partial charge is 0.223 e. The minimum atomic E-state index is 0.263. The van der Waals surface area contributed by atoms with Crippen molar-refractivity contribution in [1.82, 2.24) is 14.9 Å². The highest BCUT2D eigenvalue weighted by Gasteiger charge is 2.20. The maximum atomic E-state index is 12.2. The lowest BCUT2D eigenvalue weighted by Crippen LogP contribution is -2.32. The van der Waals surface area contributed by atoms with Crippen LogP contribution in [0.2, 0.25) is 0 Å². The van der Waals surface area contributed by atoms with Gasteiger partial charge in [0.1, 0.15) is 5.82 Å². The summed E-state index contributed by atoms with van der Waals surface area (Å²) in [5.41, 5.74) is 2.26. The fourth-order valence-corrected chi connectivity index (χ4v) is 4.17. The SMILES string of the molecule is CCOCCn1c(CCCCCNC(=O)C2CCCCC2)nc2ccccc21. The third-order valence-electron chi connectivity index (χ3n) is 5.75. The number of aromatic nitrogens is 2. The Morgan fingerprint density at radius 3 is 2.82 bits per heavy atom. The molecule has 0 radical (unpaired) electrons. The number of amides is 1. The first kappa shape index (κ1) is 20.8. The normalized spacial score (nSPS) is 15.2. The summed E-state index contributed by atoms with van der Waals surface area (Å²) in [4.78, 5) is 17.0. The summed E-state index contributed by atoms with van der Waals surface area (Å²) in [7, 11) is 0. The molecule has 1 aliphatic rings. The predicted molar refractivity (Wildman–Crippen MR) is 113 cm³/mol. The van der Waals surface area contributed by atoms with E-state index in [1.807, 2.05) is 13.0 Å². The number of carbonyl (C=O) groups is 1. The van der Waals surface area contributed by atoms with Crippen molar-refractivity contribution in [3.05, 3.63) is 30.1 Å². The second-order valence-electron chi connectivity index (χ2n) is 7.80. The minimum Gasteiger partial charge on any atom is -0.380 e. The van der Waals surface area contributed by atoms with Crippen LogP contribution in [0.5, 0.6) is 0 Å². The summed E-state index contributed by atoms with van der Waals surface area (Å²) in [6.45, 7) is 5.14. The summed E-state index contributed by atoms with van der Waals surface area (Å²) in [5.74, 6) is 1.68. The quantitative estimate of drug-likeness (QED) is 0.580. The number of para-hydroxylation sites is 2. The van der Waals surface area contributed by atoms with Gasteiger partial charge < -0.3 is 14.6 Å². The molecule has 0 bridgehead atoms. The zero-order valence-electron chi connectivity index (χ0n) is 17.3. The summed E-state index contributed by atoms with van der Waals surface area (Å²) in [5, 5.41) is 3.14. The van der Waals surface area contributed by atoms with Gasteiger partial charge in [-0.15, -0.1) is 0 Å². The van der Waals surface area contributed by atoms with Gasteiger partial charge in [0.2, 0.25) is 5.91 Å². The number of aryl methyl sites for hydroxylation is 1. The molecule has 0 saturated heterocycles. The van der Waals surface area contributed by atoms with Crippen LogP contribution in [0.4, 0.5) is 0 Å². The zero-order valence-corrected chi connectivity index (χ0v) is 17.3. The molecule has 1 N–H and O–H groups in total. The van der Waals surface area contributed by atoms with E-state index in [9.17, 15) is 4.79 Å². The number of ether oxygens (including phenoxy) is 1. The van der Waals surface area contributed by atoms with Gasteiger partial charge in [-0.2, -0.15) is 0 Å². The van der Waals surface area contributed by atoms with Gasteiger partial charge >= 0.3 is 0 Å². The molecule has 5 nitrogen and oxygen atoms in total. The molecule has 0 unspecified atom stereocenters. The van der Waals surface area contributed by atoms with Gasteiger partial charge in [-0.1, -0.05) is 37.8 Å². The third kappa shape index (κ3) is 5.81.